The summed E-state index contributed by atoms with van der Waals surface area (Å²) >= 11 is 6.38. The summed E-state index contributed by atoms with van der Waals surface area (Å²) in [5, 5.41) is 13.6. The van der Waals surface area contributed by atoms with E-state index in [-0.39, 0.29) is 56.1 Å². The largest absolute Gasteiger partial charge is 0.445 e. The molecule has 3 rings (SSSR count). The highest BCUT2D eigenvalue weighted by atomic mass is 35.5. The number of imidazole rings is 1. The van der Waals surface area contributed by atoms with Crippen molar-refractivity contribution in [1.82, 2.24) is 14.7 Å². The highest BCUT2D eigenvalue weighted by Gasteiger charge is 2.25. The quantitative estimate of drug-likeness (QED) is 0.0176. The molecule has 0 bridgehead atoms. The molecule has 0 aliphatic carbocycles. The highest BCUT2D eigenvalue weighted by molar-refractivity contribution is 6.32. The van der Waals surface area contributed by atoms with E-state index in [0.717, 1.165) is 24.0 Å². The number of aromatic nitrogens is 2. The third kappa shape index (κ3) is 10.9. The van der Waals surface area contributed by atoms with E-state index < -0.39 is 23.4 Å². The Morgan fingerprint density at radius 1 is 1.15 bits per heavy atom. The Bertz CT molecular complexity index is 1580. The number of hydrogen-bond acceptors (Lipinski definition) is 13. The van der Waals surface area contributed by atoms with Crippen molar-refractivity contribution < 1.29 is 43.3 Å². The lowest BCUT2D eigenvalue weighted by Gasteiger charge is -2.15. The number of nitrogens with zero attached hydrogens (tertiary/aromatic N) is 5. The molecule has 0 aliphatic rings. The predicted octanol–water partition coefficient (Wildman–Crippen LogP) is 3.43. The number of hydrazine groups is 1. The van der Waals surface area contributed by atoms with Crippen molar-refractivity contribution in [2.75, 3.05) is 26.4 Å². The van der Waals surface area contributed by atoms with Crippen LogP contribution in [0.3, 0.4) is 0 Å². The topological polar surface area (TPSA) is 226 Å². The first-order valence-corrected chi connectivity index (χ1v) is 15.1. The van der Waals surface area contributed by atoms with Crippen molar-refractivity contribution in [3.05, 3.63) is 86.4 Å². The molecular formula is C30H36ClN7O10. The van der Waals surface area contributed by atoms with E-state index in [1.54, 1.807) is 16.7 Å². The van der Waals surface area contributed by atoms with Gasteiger partial charge in [-0.15, -0.1) is 20.3 Å². The molecule has 1 atom stereocenters. The number of benzene rings is 2. The van der Waals surface area contributed by atoms with Gasteiger partial charge in [0.25, 0.3) is 11.6 Å². The van der Waals surface area contributed by atoms with Crippen LogP contribution in [-0.4, -0.2) is 76.8 Å². The molecule has 1 unspecified atom stereocenters. The Hall–Kier alpha value is -5.26. The number of hydrogen-bond donors (Lipinski definition) is 2. The van der Waals surface area contributed by atoms with Crippen LogP contribution in [0, 0.1) is 10.1 Å². The fourth-order valence-electron chi connectivity index (χ4n) is 4.34. The van der Waals surface area contributed by atoms with E-state index in [0.29, 0.717) is 28.5 Å². The van der Waals surface area contributed by atoms with Crippen LogP contribution in [0.1, 0.15) is 54.1 Å². The molecule has 0 spiro atoms. The zero-order chi connectivity index (χ0) is 35.1. The van der Waals surface area contributed by atoms with Gasteiger partial charge in [-0.1, -0.05) is 73.5 Å². The van der Waals surface area contributed by atoms with E-state index in [1.165, 1.54) is 6.92 Å². The molecule has 1 heterocycles. The lowest BCUT2D eigenvalue weighted by molar-refractivity contribution is -0.758. The first kappa shape index (κ1) is 37.2. The molecule has 17 nitrogen and oxygen atoms in total. The van der Waals surface area contributed by atoms with Gasteiger partial charge < -0.3 is 34.1 Å². The number of aryl methyl sites for hydroxylation is 1. The fourth-order valence-corrected chi connectivity index (χ4v) is 4.61. The summed E-state index contributed by atoms with van der Waals surface area (Å²) < 4.78 is 21.6. The predicted molar refractivity (Wildman–Crippen MR) is 171 cm³/mol. The molecule has 0 radical (unpaired) electrons. The molecule has 2 aromatic carbocycles. The van der Waals surface area contributed by atoms with Gasteiger partial charge >= 0.3 is 12.1 Å². The van der Waals surface area contributed by atoms with Crippen LogP contribution in [-0.2, 0) is 41.5 Å². The number of unbranched alkanes of at least 4 members (excludes halogenated alkanes) is 1. The number of rotatable bonds is 19. The standard InChI is InChI=1S/C30H36ClN7O10/c1-3-4-9-25-34-27(31)26(29(40)48-20(2)46-19-39)36(25)18-21-10-12-22(13-11-21)23-7-5-6-8-24(23)28(32)35-37(33)30(41)45-16-14-44-15-17-47-38(42)43/h5-8,10-13,19-20H,3-4,9,14-18,33H2,1-2H3,(H2,32,35). The van der Waals surface area contributed by atoms with E-state index >= 15 is 0 Å². The maximum absolute atomic E-state index is 13.0. The van der Waals surface area contributed by atoms with Crippen LogP contribution < -0.4 is 11.6 Å². The van der Waals surface area contributed by atoms with Crippen LogP contribution >= 0.6 is 11.6 Å². The molecule has 0 aliphatic heterocycles. The molecule has 3 aromatic rings. The Morgan fingerprint density at radius 3 is 2.54 bits per heavy atom. The average Bonchev–Trinajstić information content (AvgIpc) is 3.37. The van der Waals surface area contributed by atoms with Gasteiger partial charge in [0.15, 0.2) is 16.7 Å². The molecule has 0 saturated carbocycles. The second kappa shape index (κ2) is 18.8. The average molecular weight is 690 g/mol. The minimum atomic E-state index is -1.11. The first-order chi connectivity index (χ1) is 23.0. The lowest BCUT2D eigenvalue weighted by Crippen LogP contribution is -2.36. The van der Waals surface area contributed by atoms with Crippen LogP contribution in [0.15, 0.2) is 53.6 Å². The van der Waals surface area contributed by atoms with Crippen LogP contribution in [0.5, 0.6) is 0 Å². The van der Waals surface area contributed by atoms with Crippen LogP contribution in [0.2, 0.25) is 5.15 Å². The van der Waals surface area contributed by atoms with Gasteiger partial charge in [-0.2, -0.15) is 0 Å². The summed E-state index contributed by atoms with van der Waals surface area (Å²) in [5.41, 5.74) is 9.04. The van der Waals surface area contributed by atoms with E-state index in [2.05, 4.69) is 19.7 Å². The van der Waals surface area contributed by atoms with Gasteiger partial charge in [0.1, 0.15) is 19.0 Å². The summed E-state index contributed by atoms with van der Waals surface area (Å²) in [4.78, 5) is 54.5. The number of carbonyl (C=O) groups is 3. The second-order valence-electron chi connectivity index (χ2n) is 9.92. The summed E-state index contributed by atoms with van der Waals surface area (Å²) in [6.07, 6.45) is 0.184. The van der Waals surface area contributed by atoms with Gasteiger partial charge in [0.2, 0.25) is 6.29 Å². The number of carbonyl (C=O) groups excluding carboxylic acids is 3. The van der Waals surface area contributed by atoms with Gasteiger partial charge in [-0.05, 0) is 23.1 Å². The number of hydrazone groups is 1. The summed E-state index contributed by atoms with van der Waals surface area (Å²) in [7, 11) is 0. The maximum atomic E-state index is 13.0. The van der Waals surface area contributed by atoms with E-state index in [9.17, 15) is 24.5 Å². The number of ether oxygens (including phenoxy) is 4. The minimum Gasteiger partial charge on any atom is -0.445 e. The van der Waals surface area contributed by atoms with E-state index in [4.69, 9.17) is 37.4 Å². The molecule has 258 valence electrons. The molecule has 18 heteroatoms. The molecule has 1 aromatic heterocycles. The molecule has 4 N–H and O–H groups in total. The van der Waals surface area contributed by atoms with Crippen molar-refractivity contribution >= 4 is 36.0 Å². The smallest absolute Gasteiger partial charge is 0.445 e. The van der Waals surface area contributed by atoms with Gasteiger partial charge in [-0.3, -0.25) is 4.79 Å². The van der Waals surface area contributed by atoms with Gasteiger partial charge in [-0.25, -0.2) is 20.4 Å². The first-order valence-electron chi connectivity index (χ1n) is 14.7. The molecule has 0 saturated heterocycles. The summed E-state index contributed by atoms with van der Waals surface area (Å²) in [5.74, 6) is 5.50. The number of esters is 1. The van der Waals surface area contributed by atoms with E-state index in [1.807, 2.05) is 43.3 Å². The van der Waals surface area contributed by atoms with Crippen LogP contribution in [0.4, 0.5) is 4.79 Å². The van der Waals surface area contributed by atoms with Crippen molar-refractivity contribution in [1.29, 1.82) is 0 Å². The summed E-state index contributed by atoms with van der Waals surface area (Å²) in [6.45, 7) is 3.31. The molecule has 0 fully saturated rings. The van der Waals surface area contributed by atoms with Crippen molar-refractivity contribution in [2.24, 2.45) is 16.7 Å². The van der Waals surface area contributed by atoms with Crippen molar-refractivity contribution in [3.8, 4) is 11.1 Å². The zero-order valence-corrected chi connectivity index (χ0v) is 27.0. The zero-order valence-electron chi connectivity index (χ0n) is 26.3. The van der Waals surface area contributed by atoms with Gasteiger partial charge in [0, 0.05) is 25.5 Å². The summed E-state index contributed by atoms with van der Waals surface area (Å²) in [6, 6.07) is 14.5. The Kier molecular flexibility index (Phi) is 14.6. The Balaban J connectivity index is 1.74. The second-order valence-corrected chi connectivity index (χ2v) is 10.3. The third-order valence-corrected chi connectivity index (χ3v) is 6.82. The number of nitrogens with two attached hydrogens (primary N) is 2. The number of amides is 1. The maximum Gasteiger partial charge on any atom is 0.445 e. The molecule has 1 amide bonds. The van der Waals surface area contributed by atoms with Gasteiger partial charge in [0.05, 0.1) is 13.2 Å². The highest BCUT2D eigenvalue weighted by Crippen LogP contribution is 2.26. The molecule has 48 heavy (non-hydrogen) atoms. The third-order valence-electron chi connectivity index (χ3n) is 6.56. The van der Waals surface area contributed by atoms with Crippen molar-refractivity contribution in [3.63, 3.8) is 0 Å². The monoisotopic (exact) mass is 689 g/mol. The number of amidine groups is 1. The normalized spacial score (nSPS) is 11.8. The fraction of sp³-hybridized carbons (Fsp3) is 0.367. The van der Waals surface area contributed by atoms with Crippen molar-refractivity contribution in [2.45, 2.75) is 45.9 Å². The molecular weight excluding hydrogens is 654 g/mol. The van der Waals surface area contributed by atoms with Crippen LogP contribution in [0.25, 0.3) is 11.1 Å². The SMILES string of the molecule is CCCCc1nc(Cl)c(C(=O)OC(C)OC=O)n1Cc1ccc(-c2ccccc2/C(N)=N/N(N)C(=O)OCCOCCO[N+](=O)[O-])cc1. The lowest BCUT2D eigenvalue weighted by atomic mass is 9.98. The minimum absolute atomic E-state index is 0.0174. The Labute approximate surface area is 280 Å². The Morgan fingerprint density at radius 2 is 1.85 bits per heavy atom. The number of halogens is 1.